The number of hydrogen-bond donors (Lipinski definition) is 1. The van der Waals surface area contributed by atoms with E-state index in [4.69, 9.17) is 9.47 Å². The number of fused-ring (bicyclic) bond motifs is 1. The van der Waals surface area contributed by atoms with Gasteiger partial charge in [-0.15, -0.1) is 0 Å². The predicted octanol–water partition coefficient (Wildman–Crippen LogP) is 1.11. The molecule has 0 amide bonds. The van der Waals surface area contributed by atoms with Crippen molar-refractivity contribution in [2.75, 3.05) is 33.4 Å². The van der Waals surface area contributed by atoms with Crippen molar-refractivity contribution in [1.82, 2.24) is 5.32 Å². The summed E-state index contributed by atoms with van der Waals surface area (Å²) in [7, 11) is 1.66. The van der Waals surface area contributed by atoms with Crippen LogP contribution in [-0.2, 0) is 4.74 Å². The molecule has 92 valence electrons. The van der Waals surface area contributed by atoms with Gasteiger partial charge in [0.2, 0.25) is 0 Å². The highest BCUT2D eigenvalue weighted by Gasteiger charge is 2.27. The van der Waals surface area contributed by atoms with Crippen molar-refractivity contribution in [2.24, 2.45) is 5.92 Å². The molecule has 1 heterocycles. The van der Waals surface area contributed by atoms with Crippen LogP contribution in [0.15, 0.2) is 24.3 Å². The van der Waals surface area contributed by atoms with Gasteiger partial charge in [0, 0.05) is 20.2 Å². The van der Waals surface area contributed by atoms with E-state index in [-0.39, 0.29) is 11.7 Å². The molecule has 0 aromatic heterocycles. The van der Waals surface area contributed by atoms with E-state index in [1.54, 1.807) is 7.11 Å². The molecule has 0 aliphatic carbocycles. The van der Waals surface area contributed by atoms with E-state index in [0.717, 1.165) is 6.54 Å². The number of nitrogens with one attached hydrogen (secondary N) is 1. The van der Waals surface area contributed by atoms with Crippen LogP contribution in [-0.4, -0.2) is 39.2 Å². The zero-order valence-corrected chi connectivity index (χ0v) is 9.94. The maximum atomic E-state index is 12.1. The smallest absolute Gasteiger partial charge is 0.174 e. The van der Waals surface area contributed by atoms with Gasteiger partial charge in [-0.2, -0.15) is 0 Å². The fourth-order valence-corrected chi connectivity index (χ4v) is 1.88. The third kappa shape index (κ3) is 2.84. The lowest BCUT2D eigenvalue weighted by Gasteiger charge is -2.24. The van der Waals surface area contributed by atoms with Crippen LogP contribution in [0.1, 0.15) is 10.4 Å². The fraction of sp³-hybridized carbons (Fsp3) is 0.462. The summed E-state index contributed by atoms with van der Waals surface area (Å²) in [5, 5.41) is 3.19. The Hall–Kier alpha value is -1.39. The van der Waals surface area contributed by atoms with Crippen LogP contribution in [0.2, 0.25) is 0 Å². The van der Waals surface area contributed by atoms with Crippen molar-refractivity contribution in [3.05, 3.63) is 29.8 Å². The number of ketones is 1. The van der Waals surface area contributed by atoms with E-state index in [2.05, 4.69) is 5.32 Å². The van der Waals surface area contributed by atoms with Gasteiger partial charge >= 0.3 is 0 Å². The second kappa shape index (κ2) is 5.80. The van der Waals surface area contributed by atoms with Crippen molar-refractivity contribution in [2.45, 2.75) is 0 Å². The normalized spacial score (nSPS) is 18.6. The average molecular weight is 235 g/mol. The molecule has 1 unspecified atom stereocenters. The quantitative estimate of drug-likeness (QED) is 0.777. The van der Waals surface area contributed by atoms with Crippen molar-refractivity contribution < 1.29 is 14.3 Å². The van der Waals surface area contributed by atoms with Crippen LogP contribution in [0, 0.1) is 5.92 Å². The largest absolute Gasteiger partial charge is 0.492 e. The molecule has 17 heavy (non-hydrogen) atoms. The lowest BCUT2D eigenvalue weighted by molar-refractivity contribution is 0.0826. The van der Waals surface area contributed by atoms with Crippen LogP contribution < -0.4 is 10.1 Å². The Morgan fingerprint density at radius 1 is 1.47 bits per heavy atom. The Labute approximate surface area is 101 Å². The summed E-state index contributed by atoms with van der Waals surface area (Å²) in [6.45, 7) is 2.49. The summed E-state index contributed by atoms with van der Waals surface area (Å²) in [5.41, 5.74) is 0.692. The zero-order chi connectivity index (χ0) is 12.1. The maximum Gasteiger partial charge on any atom is 0.174 e. The first-order valence-electron chi connectivity index (χ1n) is 5.78. The number of Topliss-reactive ketones (excluding diaryl/α,β-unsaturated/α-hetero) is 1. The van der Waals surface area contributed by atoms with Crippen molar-refractivity contribution in [1.29, 1.82) is 0 Å². The summed E-state index contributed by atoms with van der Waals surface area (Å²) in [5.74, 6) is 0.768. The molecular formula is C13H17NO3. The molecule has 4 heteroatoms. The molecule has 1 N–H and O–H groups in total. The van der Waals surface area contributed by atoms with Gasteiger partial charge in [0.05, 0.1) is 24.7 Å². The summed E-state index contributed by atoms with van der Waals surface area (Å²) in [6.07, 6.45) is 0. The van der Waals surface area contributed by atoms with Gasteiger partial charge in [0.1, 0.15) is 5.75 Å². The molecule has 4 nitrogen and oxygen atoms in total. The molecule has 1 aromatic carbocycles. The minimum Gasteiger partial charge on any atom is -0.492 e. The van der Waals surface area contributed by atoms with Crippen LogP contribution in [0.3, 0.4) is 0 Å². The lowest BCUT2D eigenvalue weighted by Crippen LogP contribution is -2.37. The summed E-state index contributed by atoms with van der Waals surface area (Å²) in [4.78, 5) is 12.1. The molecule has 1 aromatic rings. The second-order valence-electron chi connectivity index (χ2n) is 4.07. The monoisotopic (exact) mass is 235 g/mol. The van der Waals surface area contributed by atoms with E-state index >= 15 is 0 Å². The average Bonchev–Trinajstić information content (AvgIpc) is 2.37. The van der Waals surface area contributed by atoms with Crippen molar-refractivity contribution >= 4 is 5.78 Å². The Morgan fingerprint density at radius 2 is 2.29 bits per heavy atom. The molecule has 0 fully saturated rings. The third-order valence-corrected chi connectivity index (χ3v) is 2.84. The SMILES string of the molecule is COCCNCC1COc2ccccc2C1=O. The Bertz CT molecular complexity index is 392. The molecule has 0 saturated heterocycles. The van der Waals surface area contributed by atoms with Gasteiger partial charge in [-0.3, -0.25) is 4.79 Å². The molecule has 1 atom stereocenters. The molecule has 1 aliphatic heterocycles. The van der Waals surface area contributed by atoms with E-state index in [0.29, 0.717) is 31.1 Å². The highest BCUT2D eigenvalue weighted by molar-refractivity contribution is 6.01. The minimum absolute atomic E-state index is 0.0956. The first-order chi connectivity index (χ1) is 8.33. The minimum atomic E-state index is -0.0956. The molecule has 0 bridgehead atoms. The van der Waals surface area contributed by atoms with E-state index in [1.165, 1.54) is 0 Å². The van der Waals surface area contributed by atoms with E-state index < -0.39 is 0 Å². The summed E-state index contributed by atoms with van der Waals surface area (Å²) in [6, 6.07) is 7.39. The maximum absolute atomic E-state index is 12.1. The number of carbonyl (C=O) groups excluding carboxylic acids is 1. The number of methoxy groups -OCH3 is 1. The van der Waals surface area contributed by atoms with Gasteiger partial charge < -0.3 is 14.8 Å². The molecule has 2 rings (SSSR count). The second-order valence-corrected chi connectivity index (χ2v) is 4.07. The highest BCUT2D eigenvalue weighted by Crippen LogP contribution is 2.26. The Kier molecular flexibility index (Phi) is 4.12. The first-order valence-corrected chi connectivity index (χ1v) is 5.78. The van der Waals surface area contributed by atoms with Gasteiger partial charge in [-0.1, -0.05) is 12.1 Å². The molecular weight excluding hydrogens is 218 g/mol. The van der Waals surface area contributed by atoms with Gasteiger partial charge in [0.25, 0.3) is 0 Å². The van der Waals surface area contributed by atoms with Crippen LogP contribution in [0.4, 0.5) is 0 Å². The van der Waals surface area contributed by atoms with Gasteiger partial charge in [0.15, 0.2) is 5.78 Å². The Balaban J connectivity index is 1.93. The van der Waals surface area contributed by atoms with E-state index in [9.17, 15) is 4.79 Å². The standard InChI is InChI=1S/C13H17NO3/c1-16-7-6-14-8-10-9-17-12-5-3-2-4-11(12)13(10)15/h2-5,10,14H,6-9H2,1H3. The topological polar surface area (TPSA) is 47.6 Å². The zero-order valence-electron chi connectivity index (χ0n) is 9.94. The van der Waals surface area contributed by atoms with E-state index in [1.807, 2.05) is 24.3 Å². The van der Waals surface area contributed by atoms with Crippen LogP contribution >= 0.6 is 0 Å². The van der Waals surface area contributed by atoms with Crippen molar-refractivity contribution in [3.8, 4) is 5.75 Å². The van der Waals surface area contributed by atoms with Gasteiger partial charge in [-0.05, 0) is 12.1 Å². The number of carbonyl (C=O) groups is 1. The lowest BCUT2D eigenvalue weighted by atomic mass is 9.95. The first kappa shape index (κ1) is 12.1. The third-order valence-electron chi connectivity index (χ3n) is 2.84. The van der Waals surface area contributed by atoms with Crippen molar-refractivity contribution in [3.63, 3.8) is 0 Å². The van der Waals surface area contributed by atoms with Gasteiger partial charge in [-0.25, -0.2) is 0 Å². The highest BCUT2D eigenvalue weighted by atomic mass is 16.5. The van der Waals surface area contributed by atoms with Crippen LogP contribution in [0.5, 0.6) is 5.75 Å². The molecule has 1 aliphatic rings. The summed E-state index contributed by atoms with van der Waals surface area (Å²) >= 11 is 0. The Morgan fingerprint density at radius 3 is 3.12 bits per heavy atom. The number of rotatable bonds is 5. The number of benzene rings is 1. The molecule has 0 radical (unpaired) electrons. The number of para-hydroxylation sites is 1. The molecule has 0 saturated carbocycles. The number of ether oxygens (including phenoxy) is 2. The fourth-order valence-electron chi connectivity index (χ4n) is 1.88. The number of hydrogen-bond acceptors (Lipinski definition) is 4. The van der Waals surface area contributed by atoms with Crippen LogP contribution in [0.25, 0.3) is 0 Å². The summed E-state index contributed by atoms with van der Waals surface area (Å²) < 4.78 is 10.5. The molecule has 0 spiro atoms. The predicted molar refractivity (Wildman–Crippen MR) is 64.5 cm³/mol.